The fourth-order valence-electron chi connectivity index (χ4n) is 1.61. The van der Waals surface area contributed by atoms with E-state index in [9.17, 15) is 0 Å². The summed E-state index contributed by atoms with van der Waals surface area (Å²) in [5.74, 6) is 0. The number of halogens is 1. The molecule has 0 saturated carbocycles. The molecule has 0 aliphatic carbocycles. The van der Waals surface area contributed by atoms with E-state index in [-0.39, 0.29) is 0 Å². The van der Waals surface area contributed by atoms with E-state index in [1.165, 1.54) is 5.56 Å². The zero-order valence-corrected chi connectivity index (χ0v) is 10.5. The maximum Gasteiger partial charge on any atom is 0.0406 e. The van der Waals surface area contributed by atoms with Gasteiger partial charge in [-0.3, -0.25) is 0 Å². The van der Waals surface area contributed by atoms with Gasteiger partial charge in [-0.1, -0.05) is 37.6 Å². The Morgan fingerprint density at radius 3 is 2.20 bits per heavy atom. The van der Waals surface area contributed by atoms with Crippen LogP contribution in [0.15, 0.2) is 24.3 Å². The van der Waals surface area contributed by atoms with Crippen LogP contribution in [0.3, 0.4) is 0 Å². The molecule has 0 unspecified atom stereocenters. The topological polar surface area (TPSA) is 12.0 Å². The Labute approximate surface area is 97.8 Å². The molecule has 1 aromatic carbocycles. The summed E-state index contributed by atoms with van der Waals surface area (Å²) in [5, 5.41) is 4.41. The summed E-state index contributed by atoms with van der Waals surface area (Å²) in [7, 11) is 0. The fraction of sp³-hybridized carbons (Fsp3) is 0.538. The van der Waals surface area contributed by atoms with Crippen LogP contribution in [0.1, 0.15) is 45.2 Å². The molecule has 1 nitrogen and oxygen atoms in total. The second-order valence-corrected chi connectivity index (χ2v) is 4.42. The summed E-state index contributed by atoms with van der Waals surface area (Å²) in [5.41, 5.74) is 1.32. The van der Waals surface area contributed by atoms with Crippen LogP contribution in [0.25, 0.3) is 0 Å². The maximum atomic E-state index is 5.87. The molecule has 0 heterocycles. The Morgan fingerprint density at radius 2 is 1.73 bits per heavy atom. The third-order valence-corrected chi connectivity index (χ3v) is 3.03. The molecule has 0 amide bonds. The van der Waals surface area contributed by atoms with Crippen LogP contribution >= 0.6 is 11.6 Å². The molecule has 0 aromatic heterocycles. The molecule has 0 fully saturated rings. The molecule has 1 aromatic rings. The van der Waals surface area contributed by atoms with E-state index in [1.54, 1.807) is 0 Å². The number of nitrogens with one attached hydrogen (secondary N) is 1. The zero-order chi connectivity index (χ0) is 11.3. The second kappa shape index (κ2) is 6.14. The Morgan fingerprint density at radius 1 is 1.13 bits per heavy atom. The number of benzene rings is 1. The number of hydrogen-bond acceptors (Lipinski definition) is 1. The number of hydrogen-bond donors (Lipinski definition) is 1. The van der Waals surface area contributed by atoms with Gasteiger partial charge in [0.15, 0.2) is 0 Å². The van der Waals surface area contributed by atoms with Gasteiger partial charge in [-0.2, -0.15) is 0 Å². The molecule has 15 heavy (non-hydrogen) atoms. The first-order valence-electron chi connectivity index (χ1n) is 5.68. The predicted octanol–water partition coefficient (Wildman–Crippen LogP) is 4.18. The average molecular weight is 226 g/mol. The summed E-state index contributed by atoms with van der Waals surface area (Å²) >= 11 is 5.87. The lowest BCUT2D eigenvalue weighted by atomic mass is 10.0. The van der Waals surface area contributed by atoms with Crippen LogP contribution in [-0.2, 0) is 0 Å². The lowest BCUT2D eigenvalue weighted by Crippen LogP contribution is -2.29. The third kappa shape index (κ3) is 3.84. The van der Waals surface area contributed by atoms with E-state index in [2.05, 4.69) is 38.2 Å². The molecule has 0 spiro atoms. The summed E-state index contributed by atoms with van der Waals surface area (Å²) in [4.78, 5) is 0. The molecule has 84 valence electrons. The SMILES string of the molecule is CC[C@H](N[C@@H](C)CC)c1ccc(Cl)cc1. The van der Waals surface area contributed by atoms with Gasteiger partial charge in [-0.15, -0.1) is 0 Å². The number of rotatable bonds is 5. The molecule has 0 saturated heterocycles. The smallest absolute Gasteiger partial charge is 0.0406 e. The van der Waals surface area contributed by atoms with Crippen molar-refractivity contribution in [1.29, 1.82) is 0 Å². The first-order chi connectivity index (χ1) is 7.17. The highest BCUT2D eigenvalue weighted by atomic mass is 35.5. The van der Waals surface area contributed by atoms with Crippen molar-refractivity contribution in [2.45, 2.75) is 45.7 Å². The molecular formula is C13H20ClN. The van der Waals surface area contributed by atoms with Crippen LogP contribution in [0, 0.1) is 0 Å². The van der Waals surface area contributed by atoms with Crippen molar-refractivity contribution in [1.82, 2.24) is 5.32 Å². The summed E-state index contributed by atoms with van der Waals surface area (Å²) in [6.45, 7) is 6.62. The van der Waals surface area contributed by atoms with Crippen molar-refractivity contribution in [3.63, 3.8) is 0 Å². The van der Waals surface area contributed by atoms with Gasteiger partial charge in [0.05, 0.1) is 0 Å². The van der Waals surface area contributed by atoms with Crippen LogP contribution in [0.5, 0.6) is 0 Å². The Bertz CT molecular complexity index is 281. The summed E-state index contributed by atoms with van der Waals surface area (Å²) in [6.07, 6.45) is 2.26. The van der Waals surface area contributed by atoms with Gasteiger partial charge in [0.25, 0.3) is 0 Å². The van der Waals surface area contributed by atoms with Crippen LogP contribution in [-0.4, -0.2) is 6.04 Å². The van der Waals surface area contributed by atoms with Crippen molar-refractivity contribution in [2.24, 2.45) is 0 Å². The Hall–Kier alpha value is -0.530. The minimum Gasteiger partial charge on any atom is -0.307 e. The van der Waals surface area contributed by atoms with Crippen molar-refractivity contribution in [3.05, 3.63) is 34.9 Å². The Kier molecular flexibility index (Phi) is 5.13. The second-order valence-electron chi connectivity index (χ2n) is 3.99. The molecule has 1 rings (SSSR count). The van der Waals surface area contributed by atoms with Crippen molar-refractivity contribution < 1.29 is 0 Å². The van der Waals surface area contributed by atoms with Gasteiger partial charge in [-0.05, 0) is 37.5 Å². The minimum atomic E-state index is 0.442. The molecule has 0 radical (unpaired) electrons. The first kappa shape index (κ1) is 12.5. The summed E-state index contributed by atoms with van der Waals surface area (Å²) < 4.78 is 0. The van der Waals surface area contributed by atoms with Crippen molar-refractivity contribution in [3.8, 4) is 0 Å². The van der Waals surface area contributed by atoms with Gasteiger partial charge in [0.2, 0.25) is 0 Å². The third-order valence-electron chi connectivity index (χ3n) is 2.78. The lowest BCUT2D eigenvalue weighted by Gasteiger charge is -2.21. The first-order valence-corrected chi connectivity index (χ1v) is 6.06. The fourth-order valence-corrected chi connectivity index (χ4v) is 1.73. The average Bonchev–Trinajstić information content (AvgIpc) is 2.27. The zero-order valence-electron chi connectivity index (χ0n) is 9.76. The normalized spacial score (nSPS) is 14.9. The summed E-state index contributed by atoms with van der Waals surface area (Å²) in [6, 6.07) is 9.12. The van der Waals surface area contributed by atoms with E-state index in [0.29, 0.717) is 12.1 Å². The molecule has 2 atom stereocenters. The van der Waals surface area contributed by atoms with Gasteiger partial charge in [-0.25, -0.2) is 0 Å². The Balaban J connectivity index is 2.69. The molecule has 2 heteroatoms. The van der Waals surface area contributed by atoms with E-state index >= 15 is 0 Å². The van der Waals surface area contributed by atoms with E-state index in [4.69, 9.17) is 11.6 Å². The van der Waals surface area contributed by atoms with Gasteiger partial charge >= 0.3 is 0 Å². The highest BCUT2D eigenvalue weighted by Gasteiger charge is 2.10. The van der Waals surface area contributed by atoms with E-state index in [0.717, 1.165) is 17.9 Å². The molecule has 1 N–H and O–H groups in total. The largest absolute Gasteiger partial charge is 0.307 e. The van der Waals surface area contributed by atoms with Crippen LogP contribution < -0.4 is 5.32 Å². The van der Waals surface area contributed by atoms with E-state index < -0.39 is 0 Å². The van der Waals surface area contributed by atoms with Crippen LogP contribution in [0.4, 0.5) is 0 Å². The standard InChI is InChI=1S/C13H20ClN/c1-4-10(3)15-13(5-2)11-6-8-12(14)9-7-11/h6-10,13,15H,4-5H2,1-3H3/t10-,13-/m0/s1. The molecule has 0 aliphatic rings. The molecule has 0 aliphatic heterocycles. The maximum absolute atomic E-state index is 5.87. The van der Waals surface area contributed by atoms with Crippen molar-refractivity contribution >= 4 is 11.6 Å². The predicted molar refractivity (Wildman–Crippen MR) is 67.4 cm³/mol. The van der Waals surface area contributed by atoms with Gasteiger partial charge in [0.1, 0.15) is 0 Å². The van der Waals surface area contributed by atoms with Gasteiger partial charge in [0, 0.05) is 17.1 Å². The van der Waals surface area contributed by atoms with Gasteiger partial charge < -0.3 is 5.32 Å². The highest BCUT2D eigenvalue weighted by molar-refractivity contribution is 6.30. The minimum absolute atomic E-state index is 0.442. The monoisotopic (exact) mass is 225 g/mol. The van der Waals surface area contributed by atoms with Crippen molar-refractivity contribution in [2.75, 3.05) is 0 Å². The lowest BCUT2D eigenvalue weighted by molar-refractivity contribution is 0.437. The van der Waals surface area contributed by atoms with E-state index in [1.807, 2.05) is 12.1 Å². The quantitative estimate of drug-likeness (QED) is 0.793. The molecular weight excluding hydrogens is 206 g/mol. The molecule has 0 bridgehead atoms. The highest BCUT2D eigenvalue weighted by Crippen LogP contribution is 2.19. The van der Waals surface area contributed by atoms with Crippen LogP contribution in [0.2, 0.25) is 5.02 Å².